The van der Waals surface area contributed by atoms with Gasteiger partial charge in [-0.3, -0.25) is 14.9 Å². The summed E-state index contributed by atoms with van der Waals surface area (Å²) in [4.78, 5) is 30.1. The Morgan fingerprint density at radius 1 is 1.00 bits per heavy atom. The molecule has 0 aliphatic carbocycles. The number of aromatic nitrogens is 2. The minimum Gasteiger partial charge on any atom is -0.361 e. The molecule has 2 aromatic carbocycles. The number of hydrogen-bond acceptors (Lipinski definition) is 4. The molecule has 0 saturated carbocycles. The molecule has 1 aliphatic rings. The van der Waals surface area contributed by atoms with Crippen LogP contribution in [0.2, 0.25) is 0 Å². The van der Waals surface area contributed by atoms with E-state index < -0.39 is 0 Å². The second-order valence-corrected chi connectivity index (χ2v) is 8.07. The lowest BCUT2D eigenvalue weighted by molar-refractivity contribution is -0.122. The number of rotatable bonds is 5. The SMILES string of the molecule is CSc1ccc2c(C3=C(c4c[nH]c5ccccc45)C(=O)NC3=O)cn(CCN)c2c1. The van der Waals surface area contributed by atoms with Gasteiger partial charge in [-0.05, 0) is 24.5 Å². The van der Waals surface area contributed by atoms with Crippen LogP contribution in [0.5, 0.6) is 0 Å². The number of H-pyrrole nitrogens is 1. The lowest BCUT2D eigenvalue weighted by Crippen LogP contribution is -2.22. The third kappa shape index (κ3) is 2.78. The van der Waals surface area contributed by atoms with Crippen LogP contribution >= 0.6 is 11.8 Å². The van der Waals surface area contributed by atoms with E-state index in [2.05, 4.69) is 20.9 Å². The quantitative estimate of drug-likeness (QED) is 0.344. The maximum atomic E-state index is 12.9. The molecule has 3 heterocycles. The standard InChI is InChI=1S/C23H20N4O2S/c1-30-13-6-7-15-17(12-27(9-8-24)19(15)10-13)21-20(22(28)26-23(21)29)16-11-25-18-5-3-2-4-14(16)18/h2-7,10-12,25H,8-9,24H2,1H3,(H,26,28,29). The summed E-state index contributed by atoms with van der Waals surface area (Å²) in [5.41, 5.74) is 10.0. The molecule has 0 atom stereocenters. The van der Waals surface area contributed by atoms with E-state index in [1.807, 2.05) is 48.9 Å². The average Bonchev–Trinajstić information content (AvgIpc) is 3.41. The molecular weight excluding hydrogens is 396 g/mol. The van der Waals surface area contributed by atoms with Crippen LogP contribution in [0.15, 0.2) is 59.8 Å². The van der Waals surface area contributed by atoms with Crippen LogP contribution in [0.1, 0.15) is 11.1 Å². The Morgan fingerprint density at radius 3 is 2.53 bits per heavy atom. The number of thioether (sulfide) groups is 1. The fourth-order valence-corrected chi connectivity index (χ4v) is 4.60. The lowest BCUT2D eigenvalue weighted by Gasteiger charge is -2.04. The molecule has 5 rings (SSSR count). The summed E-state index contributed by atoms with van der Waals surface area (Å²) in [5.74, 6) is -0.749. The smallest absolute Gasteiger partial charge is 0.259 e. The molecule has 0 unspecified atom stereocenters. The molecule has 2 aromatic heterocycles. The van der Waals surface area contributed by atoms with Gasteiger partial charge in [-0.25, -0.2) is 0 Å². The molecule has 0 spiro atoms. The molecule has 4 N–H and O–H groups in total. The fraction of sp³-hybridized carbons (Fsp3) is 0.130. The Bertz CT molecular complexity index is 1360. The van der Waals surface area contributed by atoms with Crippen molar-refractivity contribution in [2.24, 2.45) is 5.73 Å². The number of nitrogens with two attached hydrogens (primary N) is 1. The number of carbonyl (C=O) groups is 2. The van der Waals surface area contributed by atoms with Gasteiger partial charge in [0.25, 0.3) is 11.8 Å². The largest absolute Gasteiger partial charge is 0.361 e. The Labute approximate surface area is 177 Å². The van der Waals surface area contributed by atoms with E-state index in [-0.39, 0.29) is 11.8 Å². The van der Waals surface area contributed by atoms with Crippen molar-refractivity contribution >= 4 is 56.5 Å². The lowest BCUT2D eigenvalue weighted by atomic mass is 9.95. The number of nitrogens with zero attached hydrogens (tertiary/aromatic N) is 1. The summed E-state index contributed by atoms with van der Waals surface area (Å²) in [5, 5.41) is 4.33. The predicted molar refractivity (Wildman–Crippen MR) is 121 cm³/mol. The minimum absolute atomic E-state index is 0.374. The molecule has 0 saturated heterocycles. The maximum Gasteiger partial charge on any atom is 0.259 e. The molecule has 4 aromatic rings. The minimum atomic E-state index is -0.375. The molecule has 6 nitrogen and oxygen atoms in total. The third-order valence-electron chi connectivity index (χ3n) is 5.52. The molecule has 0 radical (unpaired) electrons. The van der Waals surface area contributed by atoms with Gasteiger partial charge >= 0.3 is 0 Å². The second-order valence-electron chi connectivity index (χ2n) is 7.19. The number of fused-ring (bicyclic) bond motifs is 2. The second kappa shape index (κ2) is 7.19. The van der Waals surface area contributed by atoms with E-state index in [0.717, 1.165) is 37.8 Å². The van der Waals surface area contributed by atoms with E-state index in [9.17, 15) is 9.59 Å². The van der Waals surface area contributed by atoms with Crippen LogP contribution in [-0.4, -0.2) is 34.2 Å². The molecule has 0 fully saturated rings. The number of hydrogen-bond donors (Lipinski definition) is 3. The Morgan fingerprint density at radius 2 is 1.77 bits per heavy atom. The van der Waals surface area contributed by atoms with Crippen molar-refractivity contribution in [1.29, 1.82) is 0 Å². The van der Waals surface area contributed by atoms with Crippen LogP contribution in [0, 0.1) is 0 Å². The number of nitrogens with one attached hydrogen (secondary N) is 2. The van der Waals surface area contributed by atoms with E-state index in [1.165, 1.54) is 0 Å². The van der Waals surface area contributed by atoms with Gasteiger partial charge in [0.15, 0.2) is 0 Å². The van der Waals surface area contributed by atoms with Gasteiger partial charge in [0, 0.05) is 63.3 Å². The van der Waals surface area contributed by atoms with Gasteiger partial charge in [0.1, 0.15) is 0 Å². The summed E-state index contributed by atoms with van der Waals surface area (Å²) in [6, 6.07) is 13.9. The summed E-state index contributed by atoms with van der Waals surface area (Å²) >= 11 is 1.66. The predicted octanol–water partition coefficient (Wildman–Crippen LogP) is 3.37. The number of benzene rings is 2. The van der Waals surface area contributed by atoms with E-state index >= 15 is 0 Å². The first-order valence-corrected chi connectivity index (χ1v) is 10.9. The first kappa shape index (κ1) is 18.7. The highest BCUT2D eigenvalue weighted by molar-refractivity contribution is 7.98. The monoisotopic (exact) mass is 416 g/mol. The number of amides is 2. The zero-order valence-corrected chi connectivity index (χ0v) is 17.2. The van der Waals surface area contributed by atoms with Gasteiger partial charge in [0.2, 0.25) is 0 Å². The molecule has 150 valence electrons. The molecule has 2 amide bonds. The van der Waals surface area contributed by atoms with E-state index in [0.29, 0.717) is 24.2 Å². The fourth-order valence-electron chi connectivity index (χ4n) is 4.17. The zero-order chi connectivity index (χ0) is 20.8. The average molecular weight is 417 g/mol. The summed E-state index contributed by atoms with van der Waals surface area (Å²) in [7, 11) is 0. The van der Waals surface area contributed by atoms with Gasteiger partial charge < -0.3 is 15.3 Å². The van der Waals surface area contributed by atoms with Crippen molar-refractivity contribution in [3.63, 3.8) is 0 Å². The Balaban J connectivity index is 1.81. The Kier molecular flexibility index (Phi) is 4.49. The van der Waals surface area contributed by atoms with Gasteiger partial charge in [-0.2, -0.15) is 0 Å². The highest BCUT2D eigenvalue weighted by Gasteiger charge is 2.35. The van der Waals surface area contributed by atoms with Crippen molar-refractivity contribution < 1.29 is 9.59 Å². The van der Waals surface area contributed by atoms with Crippen molar-refractivity contribution in [3.05, 3.63) is 66.0 Å². The molecule has 7 heteroatoms. The van der Waals surface area contributed by atoms with E-state index in [1.54, 1.807) is 18.0 Å². The van der Waals surface area contributed by atoms with Crippen LogP contribution in [0.3, 0.4) is 0 Å². The Hall–Kier alpha value is -3.29. The summed E-state index contributed by atoms with van der Waals surface area (Å²) < 4.78 is 2.06. The molecule has 1 aliphatic heterocycles. The molecule has 0 bridgehead atoms. The normalized spacial score (nSPS) is 14.3. The highest BCUT2D eigenvalue weighted by atomic mass is 32.2. The maximum absolute atomic E-state index is 12.9. The van der Waals surface area contributed by atoms with Crippen LogP contribution < -0.4 is 11.1 Å². The van der Waals surface area contributed by atoms with Crippen molar-refractivity contribution in [2.45, 2.75) is 11.4 Å². The van der Waals surface area contributed by atoms with Crippen LogP contribution in [-0.2, 0) is 16.1 Å². The first-order valence-electron chi connectivity index (χ1n) is 9.66. The first-order chi connectivity index (χ1) is 14.6. The van der Waals surface area contributed by atoms with Gasteiger partial charge in [-0.15, -0.1) is 11.8 Å². The number of para-hydroxylation sites is 1. The van der Waals surface area contributed by atoms with Crippen LogP contribution in [0.25, 0.3) is 33.0 Å². The van der Waals surface area contributed by atoms with Crippen molar-refractivity contribution in [1.82, 2.24) is 14.9 Å². The molecule has 30 heavy (non-hydrogen) atoms. The van der Waals surface area contributed by atoms with Gasteiger partial charge in [0.05, 0.1) is 11.1 Å². The van der Waals surface area contributed by atoms with E-state index in [4.69, 9.17) is 5.73 Å². The number of carbonyl (C=O) groups excluding carboxylic acids is 2. The number of imide groups is 1. The van der Waals surface area contributed by atoms with Crippen molar-refractivity contribution in [2.75, 3.05) is 12.8 Å². The topological polar surface area (TPSA) is 92.9 Å². The van der Waals surface area contributed by atoms with Gasteiger partial charge in [-0.1, -0.05) is 24.3 Å². The third-order valence-corrected chi connectivity index (χ3v) is 6.24. The van der Waals surface area contributed by atoms with Crippen molar-refractivity contribution in [3.8, 4) is 0 Å². The molecular formula is C23H20N4O2S. The number of aromatic amines is 1. The zero-order valence-electron chi connectivity index (χ0n) is 16.4. The van der Waals surface area contributed by atoms with Crippen LogP contribution in [0.4, 0.5) is 0 Å². The highest BCUT2D eigenvalue weighted by Crippen LogP contribution is 2.38. The summed E-state index contributed by atoms with van der Waals surface area (Å²) in [6.07, 6.45) is 5.76. The summed E-state index contributed by atoms with van der Waals surface area (Å²) in [6.45, 7) is 1.10.